The summed E-state index contributed by atoms with van der Waals surface area (Å²) in [6.45, 7) is 2.84. The summed E-state index contributed by atoms with van der Waals surface area (Å²) >= 11 is 0. The summed E-state index contributed by atoms with van der Waals surface area (Å²) in [5, 5.41) is 3.13. The molecule has 6 rings (SSSR count). The number of amides is 1. The van der Waals surface area contributed by atoms with Crippen LogP contribution in [0.25, 0.3) is 28.0 Å². The number of anilines is 1. The van der Waals surface area contributed by atoms with Crippen molar-refractivity contribution in [1.82, 2.24) is 8.97 Å². The fourth-order valence-corrected chi connectivity index (χ4v) is 5.44. The van der Waals surface area contributed by atoms with E-state index in [1.807, 2.05) is 66.1 Å². The van der Waals surface area contributed by atoms with Crippen LogP contribution in [0.3, 0.4) is 0 Å². The van der Waals surface area contributed by atoms with E-state index in [9.17, 15) is 9.18 Å². The summed E-state index contributed by atoms with van der Waals surface area (Å²) in [5.74, 6) is 0.340. The van der Waals surface area contributed by atoms with E-state index in [4.69, 9.17) is 4.74 Å². The number of carbonyl (C=O) groups is 1. The minimum absolute atomic E-state index is 0.166. The summed E-state index contributed by atoms with van der Waals surface area (Å²) in [4.78, 5) is 14.0. The van der Waals surface area contributed by atoms with Gasteiger partial charge in [-0.3, -0.25) is 9.20 Å². The van der Waals surface area contributed by atoms with Crippen molar-refractivity contribution >= 4 is 17.2 Å². The molecule has 2 aromatic heterocycles. The second kappa shape index (κ2) is 9.28. The minimum Gasteiger partial charge on any atom is -0.497 e. The first-order chi connectivity index (χ1) is 18.0. The number of hydrogen-bond acceptors (Lipinski definition) is 2. The lowest BCUT2D eigenvalue weighted by Gasteiger charge is -2.11. The number of halogens is 1. The molecule has 1 amide bonds. The number of nitrogens with zero attached hydrogens (tertiary/aromatic N) is 2. The quantitative estimate of drug-likeness (QED) is 0.283. The fourth-order valence-electron chi connectivity index (χ4n) is 5.44. The molecule has 3 heterocycles. The van der Waals surface area contributed by atoms with E-state index in [1.165, 1.54) is 12.1 Å². The Balaban J connectivity index is 1.60. The number of aromatic nitrogens is 2. The van der Waals surface area contributed by atoms with Crippen molar-refractivity contribution in [2.45, 2.75) is 32.7 Å². The number of hydrogen-bond donors (Lipinski definition) is 1. The van der Waals surface area contributed by atoms with Crippen molar-refractivity contribution in [2.75, 3.05) is 12.4 Å². The van der Waals surface area contributed by atoms with E-state index in [2.05, 4.69) is 9.88 Å². The molecule has 1 aliphatic rings. The first-order valence-electron chi connectivity index (χ1n) is 12.6. The van der Waals surface area contributed by atoms with Crippen LogP contribution in [0.4, 0.5) is 10.1 Å². The number of nitrogens with one attached hydrogen (secondary N) is 1. The maximum atomic E-state index is 14.0. The van der Waals surface area contributed by atoms with E-state index in [0.717, 1.165) is 76.4 Å². The zero-order valence-corrected chi connectivity index (χ0v) is 20.9. The van der Waals surface area contributed by atoms with E-state index in [-0.39, 0.29) is 11.7 Å². The predicted molar refractivity (Wildman–Crippen MR) is 145 cm³/mol. The van der Waals surface area contributed by atoms with Crippen LogP contribution in [0.2, 0.25) is 0 Å². The number of imidazole rings is 1. The highest BCUT2D eigenvalue weighted by molar-refractivity contribution is 6.10. The maximum absolute atomic E-state index is 14.0. The zero-order chi connectivity index (χ0) is 25.5. The van der Waals surface area contributed by atoms with Gasteiger partial charge in [0, 0.05) is 29.6 Å². The molecule has 0 unspecified atom stereocenters. The average molecular weight is 494 g/mol. The molecule has 0 fully saturated rings. The van der Waals surface area contributed by atoms with Gasteiger partial charge in [-0.1, -0.05) is 24.3 Å². The number of rotatable bonds is 5. The van der Waals surface area contributed by atoms with Crippen molar-refractivity contribution in [3.8, 4) is 28.1 Å². The predicted octanol–water partition coefficient (Wildman–Crippen LogP) is 7.12. The van der Waals surface area contributed by atoms with Gasteiger partial charge in [0.05, 0.1) is 12.8 Å². The molecule has 0 saturated heterocycles. The molecule has 6 heteroatoms. The SMILES string of the molecule is COc1ccc(-c2c3c4n(c(-c5ccc(F)cc5)cn4c2C(=O)Nc2cccc(C)c2)CCCC3)cc1. The lowest BCUT2D eigenvalue weighted by molar-refractivity contribution is 0.102. The van der Waals surface area contributed by atoms with E-state index < -0.39 is 0 Å². The molecule has 186 valence electrons. The molecule has 1 N–H and O–H groups in total. The van der Waals surface area contributed by atoms with E-state index >= 15 is 0 Å². The fraction of sp³-hybridized carbons (Fsp3) is 0.194. The number of ether oxygens (including phenoxy) is 1. The standard InChI is InChI=1S/C31H28FN3O2/c1-20-6-5-7-24(18-20)33-30(36)29-28(22-11-15-25(37-2)16-12-22)26-8-3-4-17-34-27(19-35(29)31(26)34)21-9-13-23(32)14-10-21/h5-7,9-16,18-19H,3-4,8,17H2,1-2H3,(H,33,36). The second-order valence-electron chi connectivity index (χ2n) is 9.58. The van der Waals surface area contributed by atoms with E-state index in [1.54, 1.807) is 19.2 Å². The lowest BCUT2D eigenvalue weighted by Crippen LogP contribution is -2.15. The van der Waals surface area contributed by atoms with Crippen molar-refractivity contribution in [3.05, 3.63) is 102 Å². The molecule has 5 aromatic rings. The van der Waals surface area contributed by atoms with Crippen LogP contribution < -0.4 is 10.1 Å². The minimum atomic E-state index is -0.265. The summed E-state index contributed by atoms with van der Waals surface area (Å²) < 4.78 is 23.4. The molecule has 0 radical (unpaired) electrons. The molecule has 1 aliphatic heterocycles. The Hall–Kier alpha value is -4.32. The number of benzene rings is 3. The lowest BCUT2D eigenvalue weighted by atomic mass is 9.97. The molecule has 5 nitrogen and oxygen atoms in total. The number of carbonyl (C=O) groups excluding carboxylic acids is 1. The van der Waals surface area contributed by atoms with Gasteiger partial charge in [-0.2, -0.15) is 0 Å². The summed E-state index contributed by atoms with van der Waals surface area (Å²) in [6.07, 6.45) is 4.94. The third-order valence-corrected chi connectivity index (χ3v) is 7.14. The smallest absolute Gasteiger partial charge is 0.273 e. The molecule has 0 spiro atoms. The van der Waals surface area contributed by atoms with Gasteiger partial charge in [0.2, 0.25) is 0 Å². The highest BCUT2D eigenvalue weighted by atomic mass is 19.1. The Morgan fingerprint density at radius 3 is 2.46 bits per heavy atom. The highest BCUT2D eigenvalue weighted by Gasteiger charge is 2.29. The van der Waals surface area contributed by atoms with Gasteiger partial charge in [0.1, 0.15) is 22.9 Å². The summed E-state index contributed by atoms with van der Waals surface area (Å²) in [7, 11) is 1.65. The zero-order valence-electron chi connectivity index (χ0n) is 20.9. The first kappa shape index (κ1) is 23.1. The molecule has 0 aliphatic carbocycles. The Labute approximate surface area is 215 Å². The van der Waals surface area contributed by atoms with Gasteiger partial charge >= 0.3 is 0 Å². The Bertz CT molecular complexity index is 1610. The largest absolute Gasteiger partial charge is 0.497 e. The van der Waals surface area contributed by atoms with Gasteiger partial charge in [0.15, 0.2) is 0 Å². The highest BCUT2D eigenvalue weighted by Crippen LogP contribution is 2.40. The normalized spacial score (nSPS) is 12.9. The molecule has 3 aromatic carbocycles. The van der Waals surface area contributed by atoms with Crippen LogP contribution in [0.1, 0.15) is 34.5 Å². The number of aryl methyl sites for hydroxylation is 3. The molecular formula is C31H28FN3O2. The van der Waals surface area contributed by atoms with Crippen LogP contribution >= 0.6 is 0 Å². The van der Waals surface area contributed by atoms with Crippen molar-refractivity contribution < 1.29 is 13.9 Å². The van der Waals surface area contributed by atoms with Crippen molar-refractivity contribution in [1.29, 1.82) is 0 Å². The molecule has 0 atom stereocenters. The van der Waals surface area contributed by atoms with Gasteiger partial charge in [-0.15, -0.1) is 0 Å². The van der Waals surface area contributed by atoms with E-state index in [0.29, 0.717) is 5.69 Å². The van der Waals surface area contributed by atoms with Crippen LogP contribution in [0.5, 0.6) is 5.75 Å². The van der Waals surface area contributed by atoms with Crippen LogP contribution in [-0.2, 0) is 13.0 Å². The third-order valence-electron chi connectivity index (χ3n) is 7.14. The monoisotopic (exact) mass is 493 g/mol. The topological polar surface area (TPSA) is 47.7 Å². The first-order valence-corrected chi connectivity index (χ1v) is 12.6. The average Bonchev–Trinajstić information content (AvgIpc) is 3.32. The van der Waals surface area contributed by atoms with Gasteiger partial charge < -0.3 is 14.6 Å². The summed E-state index contributed by atoms with van der Waals surface area (Å²) in [5.41, 5.74) is 8.44. The van der Waals surface area contributed by atoms with Gasteiger partial charge in [0.25, 0.3) is 5.91 Å². The third kappa shape index (κ3) is 4.08. The van der Waals surface area contributed by atoms with Gasteiger partial charge in [-0.25, -0.2) is 4.39 Å². The van der Waals surface area contributed by atoms with Crippen LogP contribution in [0.15, 0.2) is 79.0 Å². The second-order valence-corrected chi connectivity index (χ2v) is 9.58. The van der Waals surface area contributed by atoms with Crippen molar-refractivity contribution in [3.63, 3.8) is 0 Å². The summed E-state index contributed by atoms with van der Waals surface area (Å²) in [6, 6.07) is 22.3. The maximum Gasteiger partial charge on any atom is 0.273 e. The molecule has 37 heavy (non-hydrogen) atoms. The Morgan fingerprint density at radius 2 is 1.73 bits per heavy atom. The molecule has 0 saturated carbocycles. The Morgan fingerprint density at radius 1 is 0.973 bits per heavy atom. The van der Waals surface area contributed by atoms with Gasteiger partial charge in [-0.05, 0) is 91.4 Å². The molecular weight excluding hydrogens is 465 g/mol. The molecule has 0 bridgehead atoms. The number of methoxy groups -OCH3 is 1. The van der Waals surface area contributed by atoms with Crippen LogP contribution in [-0.4, -0.2) is 22.0 Å². The van der Waals surface area contributed by atoms with Crippen LogP contribution in [0, 0.1) is 12.7 Å². The van der Waals surface area contributed by atoms with Crippen molar-refractivity contribution in [2.24, 2.45) is 0 Å². The Kier molecular flexibility index (Phi) is 5.80.